The van der Waals surface area contributed by atoms with Crippen molar-refractivity contribution in [2.24, 2.45) is 11.1 Å². The van der Waals surface area contributed by atoms with Gasteiger partial charge >= 0.3 is 0 Å². The summed E-state index contributed by atoms with van der Waals surface area (Å²) in [5.41, 5.74) is 4.78. The average Bonchev–Trinajstić information content (AvgIpc) is 2.24. The van der Waals surface area contributed by atoms with Crippen LogP contribution in [0.25, 0.3) is 0 Å². The molecule has 0 bridgehead atoms. The number of hydrogen-bond donors (Lipinski definition) is 4. The SMILES string of the molecule is CC(C)(CO)CC(=O)N(CCN)[C@H](O)CO. The van der Waals surface area contributed by atoms with E-state index in [0.717, 1.165) is 4.90 Å². The Kier molecular flexibility index (Phi) is 6.51. The summed E-state index contributed by atoms with van der Waals surface area (Å²) in [7, 11) is 0. The molecule has 0 aliphatic rings. The molecule has 1 amide bonds. The number of aliphatic hydroxyl groups excluding tert-OH is 3. The van der Waals surface area contributed by atoms with Crippen molar-refractivity contribution in [1.82, 2.24) is 4.90 Å². The van der Waals surface area contributed by atoms with Crippen molar-refractivity contribution < 1.29 is 20.1 Å². The lowest BCUT2D eigenvalue weighted by Gasteiger charge is -2.30. The second-order valence-electron chi connectivity index (χ2n) is 4.54. The molecule has 0 saturated heterocycles. The maximum Gasteiger partial charge on any atom is 0.225 e. The number of amides is 1. The Bertz CT molecular complexity index is 221. The second-order valence-corrected chi connectivity index (χ2v) is 4.54. The number of nitrogens with two attached hydrogens (primary N) is 1. The maximum atomic E-state index is 11.8. The molecule has 5 N–H and O–H groups in total. The zero-order valence-corrected chi connectivity index (χ0v) is 9.89. The standard InChI is InChI=1S/C10H22N2O4/c1-10(2,7-14)5-8(15)12(4-3-11)9(16)6-13/h9,13-14,16H,3-7,11H2,1-2H3/t9-/m1/s1. The van der Waals surface area contributed by atoms with E-state index in [1.54, 1.807) is 13.8 Å². The summed E-state index contributed by atoms with van der Waals surface area (Å²) in [6.45, 7) is 3.24. The fraction of sp³-hybridized carbons (Fsp3) is 0.900. The van der Waals surface area contributed by atoms with Gasteiger partial charge in [0.2, 0.25) is 5.91 Å². The Hall–Kier alpha value is -0.690. The van der Waals surface area contributed by atoms with Gasteiger partial charge in [0, 0.05) is 26.1 Å². The molecule has 0 unspecified atom stereocenters. The van der Waals surface area contributed by atoms with Crippen LogP contribution in [0.15, 0.2) is 0 Å². The summed E-state index contributed by atoms with van der Waals surface area (Å²) in [5.74, 6) is -0.328. The lowest BCUT2D eigenvalue weighted by Crippen LogP contribution is -2.46. The van der Waals surface area contributed by atoms with E-state index in [2.05, 4.69) is 0 Å². The van der Waals surface area contributed by atoms with Crippen molar-refractivity contribution >= 4 is 5.91 Å². The molecule has 0 aliphatic heterocycles. The van der Waals surface area contributed by atoms with Gasteiger partial charge in [-0.1, -0.05) is 13.8 Å². The van der Waals surface area contributed by atoms with Crippen LogP contribution in [-0.2, 0) is 4.79 Å². The topological polar surface area (TPSA) is 107 Å². The summed E-state index contributed by atoms with van der Waals surface area (Å²) >= 11 is 0. The highest BCUT2D eigenvalue weighted by Gasteiger charge is 2.27. The van der Waals surface area contributed by atoms with Crippen LogP contribution in [0, 0.1) is 5.41 Å². The van der Waals surface area contributed by atoms with E-state index in [4.69, 9.17) is 15.9 Å². The van der Waals surface area contributed by atoms with Crippen molar-refractivity contribution in [3.05, 3.63) is 0 Å². The Morgan fingerprint density at radius 1 is 1.44 bits per heavy atom. The fourth-order valence-electron chi connectivity index (χ4n) is 1.24. The number of carbonyl (C=O) groups is 1. The third kappa shape index (κ3) is 4.89. The van der Waals surface area contributed by atoms with Gasteiger partial charge < -0.3 is 26.0 Å². The van der Waals surface area contributed by atoms with Gasteiger partial charge in [0.25, 0.3) is 0 Å². The number of nitrogens with zero attached hydrogens (tertiary/aromatic N) is 1. The highest BCUT2D eigenvalue weighted by molar-refractivity contribution is 5.77. The summed E-state index contributed by atoms with van der Waals surface area (Å²) in [6.07, 6.45) is -1.13. The van der Waals surface area contributed by atoms with Gasteiger partial charge in [-0.25, -0.2) is 0 Å². The Balaban J connectivity index is 4.50. The molecule has 0 aromatic rings. The predicted molar refractivity (Wildman–Crippen MR) is 59.3 cm³/mol. The lowest BCUT2D eigenvalue weighted by molar-refractivity contribution is -0.146. The van der Waals surface area contributed by atoms with E-state index >= 15 is 0 Å². The first-order chi connectivity index (χ1) is 7.37. The van der Waals surface area contributed by atoms with E-state index < -0.39 is 18.2 Å². The first kappa shape index (κ1) is 15.3. The van der Waals surface area contributed by atoms with Crippen molar-refractivity contribution in [2.75, 3.05) is 26.3 Å². The zero-order valence-electron chi connectivity index (χ0n) is 9.89. The van der Waals surface area contributed by atoms with Crippen LogP contribution >= 0.6 is 0 Å². The van der Waals surface area contributed by atoms with Crippen molar-refractivity contribution in [3.8, 4) is 0 Å². The highest BCUT2D eigenvalue weighted by atomic mass is 16.3. The first-order valence-corrected chi connectivity index (χ1v) is 5.27. The first-order valence-electron chi connectivity index (χ1n) is 5.27. The van der Waals surface area contributed by atoms with Gasteiger partial charge in [0.05, 0.1) is 6.61 Å². The Labute approximate surface area is 95.7 Å². The van der Waals surface area contributed by atoms with Crippen LogP contribution in [0.2, 0.25) is 0 Å². The predicted octanol–water partition coefficient (Wildman–Crippen LogP) is -1.51. The van der Waals surface area contributed by atoms with E-state index in [1.807, 2.05) is 0 Å². The van der Waals surface area contributed by atoms with E-state index in [1.165, 1.54) is 0 Å². The van der Waals surface area contributed by atoms with Crippen molar-refractivity contribution in [1.29, 1.82) is 0 Å². The molecule has 96 valence electrons. The molecule has 0 spiro atoms. The maximum absolute atomic E-state index is 11.8. The largest absolute Gasteiger partial charge is 0.396 e. The molecule has 16 heavy (non-hydrogen) atoms. The minimum Gasteiger partial charge on any atom is -0.396 e. The van der Waals surface area contributed by atoms with Gasteiger partial charge in [-0.05, 0) is 5.41 Å². The molecule has 0 radical (unpaired) electrons. The number of hydrogen-bond acceptors (Lipinski definition) is 5. The normalized spacial score (nSPS) is 13.6. The highest BCUT2D eigenvalue weighted by Crippen LogP contribution is 2.20. The van der Waals surface area contributed by atoms with Gasteiger partial charge in [-0.15, -0.1) is 0 Å². The number of aliphatic hydroxyl groups is 3. The summed E-state index contributed by atoms with van der Waals surface area (Å²) < 4.78 is 0. The second kappa shape index (κ2) is 6.80. The number of carbonyl (C=O) groups excluding carboxylic acids is 1. The average molecular weight is 234 g/mol. The molecule has 0 rings (SSSR count). The molecule has 0 saturated carbocycles. The van der Waals surface area contributed by atoms with Gasteiger partial charge in [0.15, 0.2) is 6.23 Å². The molecule has 0 fully saturated rings. The fourth-order valence-corrected chi connectivity index (χ4v) is 1.24. The van der Waals surface area contributed by atoms with E-state index in [9.17, 15) is 9.90 Å². The van der Waals surface area contributed by atoms with E-state index in [-0.39, 0.29) is 32.0 Å². The third-order valence-electron chi connectivity index (χ3n) is 2.27. The van der Waals surface area contributed by atoms with Gasteiger partial charge in [-0.3, -0.25) is 4.79 Å². The molecule has 6 heteroatoms. The zero-order chi connectivity index (χ0) is 12.8. The summed E-state index contributed by atoms with van der Waals surface area (Å²) in [4.78, 5) is 12.9. The third-order valence-corrected chi connectivity index (χ3v) is 2.27. The molecule has 0 aromatic heterocycles. The molecule has 0 aromatic carbocycles. The molecule has 1 atom stereocenters. The summed E-state index contributed by atoms with van der Waals surface area (Å²) in [6, 6.07) is 0. The molecule has 6 nitrogen and oxygen atoms in total. The smallest absolute Gasteiger partial charge is 0.225 e. The van der Waals surface area contributed by atoms with Crippen molar-refractivity contribution in [2.45, 2.75) is 26.5 Å². The molecular formula is C10H22N2O4. The molecule has 0 heterocycles. The monoisotopic (exact) mass is 234 g/mol. The number of rotatable bonds is 7. The van der Waals surface area contributed by atoms with E-state index in [0.29, 0.717) is 0 Å². The van der Waals surface area contributed by atoms with Crippen LogP contribution < -0.4 is 5.73 Å². The van der Waals surface area contributed by atoms with Crippen LogP contribution in [-0.4, -0.2) is 58.7 Å². The van der Waals surface area contributed by atoms with Gasteiger partial charge in [-0.2, -0.15) is 0 Å². The lowest BCUT2D eigenvalue weighted by atomic mass is 9.90. The quantitative estimate of drug-likeness (QED) is 0.401. The summed E-state index contributed by atoms with van der Waals surface area (Å²) in [5, 5.41) is 27.3. The van der Waals surface area contributed by atoms with Crippen LogP contribution in [0.1, 0.15) is 20.3 Å². The minimum absolute atomic E-state index is 0.0978. The van der Waals surface area contributed by atoms with Crippen LogP contribution in [0.5, 0.6) is 0 Å². The van der Waals surface area contributed by atoms with Crippen molar-refractivity contribution in [3.63, 3.8) is 0 Å². The van der Waals surface area contributed by atoms with Gasteiger partial charge in [0.1, 0.15) is 0 Å². The van der Waals surface area contributed by atoms with Crippen LogP contribution in [0.3, 0.4) is 0 Å². The minimum atomic E-state index is -1.23. The Morgan fingerprint density at radius 3 is 2.38 bits per heavy atom. The Morgan fingerprint density at radius 2 is 2.00 bits per heavy atom. The molecular weight excluding hydrogens is 212 g/mol. The van der Waals surface area contributed by atoms with Crippen LogP contribution in [0.4, 0.5) is 0 Å². The molecule has 0 aliphatic carbocycles.